The minimum absolute atomic E-state index is 0. The molecule has 0 spiro atoms. The molecule has 0 heterocycles. The van der Waals surface area contributed by atoms with Crippen LogP contribution in [-0.4, -0.2) is 16.0 Å². The Hall–Kier alpha value is 0.970. The number of nitrogens with two attached hydrogens (primary N) is 1. The summed E-state index contributed by atoms with van der Waals surface area (Å²) in [6, 6.07) is 0. The zero-order chi connectivity index (χ0) is 9.78. The summed E-state index contributed by atoms with van der Waals surface area (Å²) in [4.78, 5) is 18.9. The van der Waals surface area contributed by atoms with Gasteiger partial charge in [0.2, 0.25) is 0 Å². The second-order valence-corrected chi connectivity index (χ2v) is 6.04. The van der Waals surface area contributed by atoms with Crippen LogP contribution < -0.4 is 40.2 Å². The molecular weight excluding hydrogens is 222 g/mol. The summed E-state index contributed by atoms with van der Waals surface area (Å²) < 4.78 is 10.4. The first-order valence-corrected chi connectivity index (χ1v) is 6.49. The van der Waals surface area contributed by atoms with Crippen LogP contribution in [0.5, 0.6) is 0 Å². The minimum Gasteiger partial charge on any atom is -0.770 e. The van der Waals surface area contributed by atoms with Crippen LogP contribution in [0.2, 0.25) is 0 Å². The molecule has 0 saturated carbocycles. The zero-order valence-electron chi connectivity index (χ0n) is 7.69. The standard InChI is InChI=1S/C5H13N2O3PS.Na/c1-2-3-4(5(6)7)12-11(8,9)10;/h4H,2-3H2,1H3,(H3,6,7)(H2,8,9,10);/q;+1/p-1. The average molecular weight is 234 g/mol. The van der Waals surface area contributed by atoms with Gasteiger partial charge in [-0.2, -0.15) is 0 Å². The van der Waals surface area contributed by atoms with Crippen molar-refractivity contribution in [1.29, 1.82) is 5.41 Å². The van der Waals surface area contributed by atoms with Crippen molar-refractivity contribution < 1.29 is 43.9 Å². The molecule has 0 radical (unpaired) electrons. The van der Waals surface area contributed by atoms with Gasteiger partial charge in [-0.05, 0) is 6.42 Å². The smallest absolute Gasteiger partial charge is 0.770 e. The van der Waals surface area contributed by atoms with Gasteiger partial charge >= 0.3 is 29.6 Å². The van der Waals surface area contributed by atoms with E-state index in [4.69, 9.17) is 16.0 Å². The molecule has 72 valence electrons. The molecule has 13 heavy (non-hydrogen) atoms. The Labute approximate surface area is 104 Å². The van der Waals surface area contributed by atoms with E-state index in [9.17, 15) is 9.46 Å². The van der Waals surface area contributed by atoms with Crippen LogP contribution in [0.25, 0.3) is 0 Å². The van der Waals surface area contributed by atoms with Gasteiger partial charge in [0.1, 0.15) is 5.84 Å². The predicted molar refractivity (Wildman–Crippen MR) is 48.0 cm³/mol. The van der Waals surface area contributed by atoms with E-state index in [1.807, 2.05) is 6.92 Å². The average Bonchev–Trinajstić information content (AvgIpc) is 1.83. The molecule has 8 heteroatoms. The summed E-state index contributed by atoms with van der Waals surface area (Å²) in [6.07, 6.45) is 1.20. The molecule has 0 aromatic heterocycles. The van der Waals surface area contributed by atoms with Gasteiger partial charge in [-0.1, -0.05) is 24.7 Å². The van der Waals surface area contributed by atoms with Crippen LogP contribution in [0.3, 0.4) is 0 Å². The number of hydrogen-bond acceptors (Lipinski definition) is 4. The number of nitrogens with one attached hydrogen (secondary N) is 1. The van der Waals surface area contributed by atoms with E-state index in [1.165, 1.54) is 0 Å². The van der Waals surface area contributed by atoms with Crippen LogP contribution in [0.1, 0.15) is 19.8 Å². The molecule has 0 fully saturated rings. The Morgan fingerprint density at radius 3 is 2.54 bits per heavy atom. The summed E-state index contributed by atoms with van der Waals surface area (Å²) >= 11 is 0.341. The first-order valence-electron chi connectivity index (χ1n) is 3.43. The van der Waals surface area contributed by atoms with Crippen LogP contribution in [-0.2, 0) is 4.57 Å². The molecule has 0 aromatic rings. The minimum atomic E-state index is -4.36. The van der Waals surface area contributed by atoms with Gasteiger partial charge in [0.25, 0.3) is 0 Å². The molecule has 5 nitrogen and oxygen atoms in total. The Morgan fingerprint density at radius 1 is 1.85 bits per heavy atom. The van der Waals surface area contributed by atoms with E-state index in [2.05, 4.69) is 0 Å². The van der Waals surface area contributed by atoms with Gasteiger partial charge in [0.05, 0.1) is 5.25 Å². The number of hydrogen-bond donors (Lipinski definition) is 3. The summed E-state index contributed by atoms with van der Waals surface area (Å²) in [7, 11) is 0. The quantitative estimate of drug-likeness (QED) is 0.207. The van der Waals surface area contributed by atoms with E-state index >= 15 is 0 Å². The monoisotopic (exact) mass is 234 g/mol. The van der Waals surface area contributed by atoms with E-state index in [0.29, 0.717) is 17.8 Å². The zero-order valence-corrected chi connectivity index (χ0v) is 11.4. The van der Waals surface area contributed by atoms with Crippen LogP contribution >= 0.6 is 18.2 Å². The van der Waals surface area contributed by atoms with E-state index in [1.54, 1.807) is 0 Å². The first-order chi connectivity index (χ1) is 5.37. The Morgan fingerprint density at radius 2 is 2.31 bits per heavy atom. The van der Waals surface area contributed by atoms with Crippen molar-refractivity contribution in [2.45, 2.75) is 25.0 Å². The molecule has 0 amide bonds. The normalized spacial score (nSPS) is 16.8. The van der Waals surface area contributed by atoms with E-state index < -0.39 is 12.0 Å². The molecule has 2 unspecified atom stereocenters. The molecule has 4 N–H and O–H groups in total. The predicted octanol–water partition coefficient (Wildman–Crippen LogP) is -2.71. The molecule has 0 rings (SSSR count). The Balaban J connectivity index is 0. The van der Waals surface area contributed by atoms with Gasteiger partial charge in [0, 0.05) is 0 Å². The first kappa shape index (κ1) is 16.4. The van der Waals surface area contributed by atoms with Gasteiger partial charge < -0.3 is 15.5 Å². The summed E-state index contributed by atoms with van der Waals surface area (Å²) in [5.74, 6) is -0.216. The fourth-order valence-electron chi connectivity index (χ4n) is 0.688. The van der Waals surface area contributed by atoms with Gasteiger partial charge in [0.15, 0.2) is 6.80 Å². The fourth-order valence-corrected chi connectivity index (χ4v) is 3.09. The molecule has 0 aliphatic carbocycles. The third kappa shape index (κ3) is 9.28. The molecule has 0 aromatic carbocycles. The van der Waals surface area contributed by atoms with Gasteiger partial charge in [-0.3, -0.25) is 9.97 Å². The fraction of sp³-hybridized carbons (Fsp3) is 0.800. The summed E-state index contributed by atoms with van der Waals surface area (Å²) in [5, 5.41) is 6.40. The van der Waals surface area contributed by atoms with Crippen LogP contribution in [0, 0.1) is 5.41 Å². The van der Waals surface area contributed by atoms with Crippen molar-refractivity contribution in [3.8, 4) is 0 Å². The van der Waals surface area contributed by atoms with Crippen LogP contribution in [0.4, 0.5) is 0 Å². The van der Waals surface area contributed by atoms with Crippen LogP contribution in [0.15, 0.2) is 0 Å². The third-order valence-corrected chi connectivity index (χ3v) is 3.73. The van der Waals surface area contributed by atoms with Gasteiger partial charge in [-0.25, -0.2) is 0 Å². The van der Waals surface area contributed by atoms with Crippen molar-refractivity contribution in [3.63, 3.8) is 0 Å². The molecule has 0 bridgehead atoms. The molecule has 0 aliphatic heterocycles. The number of amidine groups is 1. The molecule has 0 aliphatic rings. The topological polar surface area (TPSA) is 110 Å². The van der Waals surface area contributed by atoms with Crippen molar-refractivity contribution in [1.82, 2.24) is 0 Å². The van der Waals surface area contributed by atoms with E-state index in [0.717, 1.165) is 6.42 Å². The van der Waals surface area contributed by atoms with Crippen molar-refractivity contribution in [2.24, 2.45) is 5.73 Å². The largest absolute Gasteiger partial charge is 1.00 e. The second-order valence-electron chi connectivity index (χ2n) is 2.31. The maximum atomic E-state index is 10.4. The molecule has 2 atom stereocenters. The van der Waals surface area contributed by atoms with Crippen molar-refractivity contribution >= 4 is 24.0 Å². The maximum absolute atomic E-state index is 10.4. The molecular formula is C5H12N2NaO3PS. The van der Waals surface area contributed by atoms with E-state index in [-0.39, 0.29) is 35.4 Å². The number of rotatable bonds is 5. The molecule has 0 saturated heterocycles. The second kappa shape index (κ2) is 7.29. The summed E-state index contributed by atoms with van der Waals surface area (Å²) in [5.41, 5.74) is 5.12. The Bertz CT molecular complexity index is 210. The summed E-state index contributed by atoms with van der Waals surface area (Å²) in [6.45, 7) is -2.51. The van der Waals surface area contributed by atoms with Gasteiger partial charge in [-0.15, -0.1) is 0 Å². The SMILES string of the molecule is CCCC(SP(=O)([O-])O)C(=N)N.[Na+]. The third-order valence-electron chi connectivity index (χ3n) is 1.16. The maximum Gasteiger partial charge on any atom is 1.00 e. The van der Waals surface area contributed by atoms with Crippen molar-refractivity contribution in [2.75, 3.05) is 0 Å². The Kier molecular flexibility index (Phi) is 9.19. The van der Waals surface area contributed by atoms with Crippen molar-refractivity contribution in [3.05, 3.63) is 0 Å².